The lowest BCUT2D eigenvalue weighted by Crippen LogP contribution is -2.37. The van der Waals surface area contributed by atoms with Crippen molar-refractivity contribution >= 4 is 33.2 Å². The van der Waals surface area contributed by atoms with E-state index in [0.717, 1.165) is 16.3 Å². The van der Waals surface area contributed by atoms with Gasteiger partial charge in [-0.3, -0.25) is 9.10 Å². The van der Waals surface area contributed by atoms with Gasteiger partial charge in [0.1, 0.15) is 18.1 Å². The fraction of sp³-hybridized carbons (Fsp3) is 0.316. The van der Waals surface area contributed by atoms with Gasteiger partial charge in [-0.15, -0.1) is 0 Å². The summed E-state index contributed by atoms with van der Waals surface area (Å²) in [6, 6.07) is 11.3. The molecule has 2 aromatic carbocycles. The molecule has 0 aromatic heterocycles. The standard InChI is InChI=1S/C19H23ClN2O5S/c1-13(12-27-16-8-6-15(26-3)7-9-16)21-19(23)17-10-5-14(11-18(17)20)22(2)28(4,24)25/h5-11,13H,12H2,1-4H3,(H,21,23)/t13-/m1/s1. The predicted molar refractivity (Wildman–Crippen MR) is 110 cm³/mol. The number of methoxy groups -OCH3 is 1. The fourth-order valence-electron chi connectivity index (χ4n) is 2.31. The maximum Gasteiger partial charge on any atom is 0.253 e. The molecule has 0 aliphatic rings. The van der Waals surface area contributed by atoms with Crippen LogP contribution in [0.2, 0.25) is 5.02 Å². The summed E-state index contributed by atoms with van der Waals surface area (Å²) in [5.74, 6) is 1.02. The van der Waals surface area contributed by atoms with Gasteiger partial charge in [0, 0.05) is 7.05 Å². The monoisotopic (exact) mass is 426 g/mol. The highest BCUT2D eigenvalue weighted by molar-refractivity contribution is 7.92. The molecule has 0 saturated carbocycles. The van der Waals surface area contributed by atoms with Crippen LogP contribution in [0.5, 0.6) is 11.5 Å². The average molecular weight is 427 g/mol. The average Bonchev–Trinajstić information content (AvgIpc) is 2.65. The summed E-state index contributed by atoms with van der Waals surface area (Å²) in [6.45, 7) is 2.08. The molecular weight excluding hydrogens is 404 g/mol. The summed E-state index contributed by atoms with van der Waals surface area (Å²) < 4.78 is 35.1. The third-order valence-electron chi connectivity index (χ3n) is 4.00. The largest absolute Gasteiger partial charge is 0.497 e. The Hall–Kier alpha value is -2.45. The summed E-state index contributed by atoms with van der Waals surface area (Å²) in [4.78, 5) is 12.4. The number of carbonyl (C=O) groups excluding carboxylic acids is 1. The van der Waals surface area contributed by atoms with Crippen LogP contribution in [-0.2, 0) is 10.0 Å². The van der Waals surface area contributed by atoms with E-state index < -0.39 is 10.0 Å². The summed E-state index contributed by atoms with van der Waals surface area (Å²) >= 11 is 6.18. The zero-order valence-corrected chi connectivity index (χ0v) is 17.7. The predicted octanol–water partition coefficient (Wildman–Crippen LogP) is 2.94. The fourth-order valence-corrected chi connectivity index (χ4v) is 3.07. The van der Waals surface area contributed by atoms with E-state index in [1.807, 2.05) is 0 Å². The van der Waals surface area contributed by atoms with Gasteiger partial charge in [-0.25, -0.2) is 8.42 Å². The second-order valence-corrected chi connectivity index (χ2v) is 8.68. The second kappa shape index (κ2) is 9.16. The highest BCUT2D eigenvalue weighted by Crippen LogP contribution is 2.24. The zero-order valence-electron chi connectivity index (χ0n) is 16.1. The molecule has 2 rings (SSSR count). The van der Waals surface area contributed by atoms with Crippen molar-refractivity contribution < 1.29 is 22.7 Å². The van der Waals surface area contributed by atoms with Gasteiger partial charge in [-0.1, -0.05) is 11.6 Å². The number of rotatable bonds is 8. The number of ether oxygens (including phenoxy) is 2. The van der Waals surface area contributed by atoms with Gasteiger partial charge >= 0.3 is 0 Å². The number of carbonyl (C=O) groups is 1. The summed E-state index contributed by atoms with van der Waals surface area (Å²) in [5, 5.41) is 2.96. The van der Waals surface area contributed by atoms with Crippen LogP contribution in [0.4, 0.5) is 5.69 Å². The summed E-state index contributed by atoms with van der Waals surface area (Å²) in [7, 11) is -0.410. The third-order valence-corrected chi connectivity index (χ3v) is 5.51. The number of hydrogen-bond acceptors (Lipinski definition) is 5. The highest BCUT2D eigenvalue weighted by atomic mass is 35.5. The van der Waals surface area contributed by atoms with Gasteiger partial charge in [0.05, 0.1) is 35.7 Å². The molecule has 0 aliphatic carbocycles. The van der Waals surface area contributed by atoms with Gasteiger partial charge in [-0.05, 0) is 49.4 Å². The quantitative estimate of drug-likeness (QED) is 0.701. The third kappa shape index (κ3) is 5.77. The molecule has 0 aliphatic heterocycles. The molecule has 0 heterocycles. The first-order valence-corrected chi connectivity index (χ1v) is 10.7. The van der Waals surface area contributed by atoms with Gasteiger partial charge in [0.15, 0.2) is 0 Å². The minimum absolute atomic E-state index is 0.161. The Morgan fingerprint density at radius 2 is 1.79 bits per heavy atom. The maximum atomic E-state index is 12.4. The first-order chi connectivity index (χ1) is 13.1. The van der Waals surface area contributed by atoms with Crippen molar-refractivity contribution in [3.05, 3.63) is 53.1 Å². The zero-order chi connectivity index (χ0) is 20.9. The number of nitrogens with zero attached hydrogens (tertiary/aromatic N) is 1. The highest BCUT2D eigenvalue weighted by Gasteiger charge is 2.17. The van der Waals surface area contributed by atoms with Crippen LogP contribution in [0.1, 0.15) is 17.3 Å². The molecule has 0 unspecified atom stereocenters. The molecule has 9 heteroatoms. The molecule has 152 valence electrons. The van der Waals surface area contributed by atoms with Crippen molar-refractivity contribution in [3.63, 3.8) is 0 Å². The van der Waals surface area contributed by atoms with Crippen LogP contribution >= 0.6 is 11.6 Å². The van der Waals surface area contributed by atoms with Crippen LogP contribution in [-0.4, -0.2) is 47.4 Å². The second-order valence-electron chi connectivity index (χ2n) is 6.26. The minimum Gasteiger partial charge on any atom is -0.497 e. The molecule has 1 N–H and O–H groups in total. The van der Waals surface area contributed by atoms with E-state index >= 15 is 0 Å². The number of amides is 1. The molecule has 0 radical (unpaired) electrons. The summed E-state index contributed by atoms with van der Waals surface area (Å²) in [6.07, 6.45) is 1.09. The Balaban J connectivity index is 1.97. The Bertz CT molecular complexity index is 932. The Morgan fingerprint density at radius 3 is 2.32 bits per heavy atom. The number of sulfonamides is 1. The number of nitrogens with one attached hydrogen (secondary N) is 1. The minimum atomic E-state index is -3.41. The van der Waals surface area contributed by atoms with Gasteiger partial charge in [0.25, 0.3) is 5.91 Å². The van der Waals surface area contributed by atoms with E-state index in [-0.39, 0.29) is 29.1 Å². The normalized spacial score (nSPS) is 12.2. The van der Waals surface area contributed by atoms with Crippen molar-refractivity contribution in [2.45, 2.75) is 13.0 Å². The van der Waals surface area contributed by atoms with Crippen LogP contribution in [0, 0.1) is 0 Å². The number of hydrogen-bond donors (Lipinski definition) is 1. The maximum absolute atomic E-state index is 12.4. The molecule has 0 saturated heterocycles. The van der Waals surface area contributed by atoms with E-state index in [4.69, 9.17) is 21.1 Å². The molecule has 2 aromatic rings. The van der Waals surface area contributed by atoms with Crippen molar-refractivity contribution in [3.8, 4) is 11.5 Å². The lowest BCUT2D eigenvalue weighted by molar-refractivity contribution is 0.0927. The molecular formula is C19H23ClN2O5S. The van der Waals surface area contributed by atoms with Crippen LogP contribution in [0.15, 0.2) is 42.5 Å². The molecule has 1 atom stereocenters. The molecule has 1 amide bonds. The van der Waals surface area contributed by atoms with Gasteiger partial charge < -0.3 is 14.8 Å². The van der Waals surface area contributed by atoms with E-state index in [0.29, 0.717) is 11.4 Å². The van der Waals surface area contributed by atoms with E-state index in [9.17, 15) is 13.2 Å². The SMILES string of the molecule is COc1ccc(OC[C@@H](C)NC(=O)c2ccc(N(C)S(C)(=O)=O)cc2Cl)cc1. The smallest absolute Gasteiger partial charge is 0.253 e. The Morgan fingerprint density at radius 1 is 1.18 bits per heavy atom. The lowest BCUT2D eigenvalue weighted by atomic mass is 10.2. The van der Waals surface area contributed by atoms with Crippen LogP contribution in [0.25, 0.3) is 0 Å². The molecule has 28 heavy (non-hydrogen) atoms. The van der Waals surface area contributed by atoms with Gasteiger partial charge in [0.2, 0.25) is 10.0 Å². The van der Waals surface area contributed by atoms with Crippen molar-refractivity contribution in [2.24, 2.45) is 0 Å². The van der Waals surface area contributed by atoms with E-state index in [1.165, 1.54) is 25.2 Å². The number of halogens is 1. The van der Waals surface area contributed by atoms with Crippen LogP contribution in [0.3, 0.4) is 0 Å². The number of anilines is 1. The molecule has 7 nitrogen and oxygen atoms in total. The first kappa shape index (κ1) is 21.8. The number of benzene rings is 2. The van der Waals surface area contributed by atoms with E-state index in [1.54, 1.807) is 38.3 Å². The Kier molecular flexibility index (Phi) is 7.15. The van der Waals surface area contributed by atoms with Crippen LogP contribution < -0.4 is 19.1 Å². The first-order valence-electron chi connectivity index (χ1n) is 8.43. The summed E-state index contributed by atoms with van der Waals surface area (Å²) in [5.41, 5.74) is 0.628. The van der Waals surface area contributed by atoms with Crippen molar-refractivity contribution in [1.82, 2.24) is 5.32 Å². The van der Waals surface area contributed by atoms with Crippen molar-refractivity contribution in [1.29, 1.82) is 0 Å². The molecule has 0 spiro atoms. The van der Waals surface area contributed by atoms with Crippen molar-refractivity contribution in [2.75, 3.05) is 31.3 Å². The lowest BCUT2D eigenvalue weighted by Gasteiger charge is -2.18. The molecule has 0 bridgehead atoms. The van der Waals surface area contributed by atoms with Gasteiger partial charge in [-0.2, -0.15) is 0 Å². The Labute approximate surface area is 170 Å². The topological polar surface area (TPSA) is 84.9 Å². The molecule has 0 fully saturated rings. The van der Waals surface area contributed by atoms with E-state index in [2.05, 4.69) is 5.32 Å².